The Balaban J connectivity index is 1.36. The SMILES string of the molecule is COC(=O)[C@H]1CC[C@](O)(c2ncc(-c3cc(C)cc(Nc4nccc(C5CCC5)n4)c3)s2)CC1(C)C. The lowest BCUT2D eigenvalue weighted by atomic mass is 9.63. The van der Waals surface area contributed by atoms with Gasteiger partial charge in [-0.15, -0.1) is 11.3 Å². The van der Waals surface area contributed by atoms with E-state index in [1.807, 2.05) is 32.3 Å². The van der Waals surface area contributed by atoms with Gasteiger partial charge in [0.1, 0.15) is 10.6 Å². The number of hydrogen-bond donors (Lipinski definition) is 2. The Bertz CT molecular complexity index is 1270. The number of rotatable bonds is 6. The maximum atomic E-state index is 12.3. The molecule has 0 saturated heterocycles. The lowest BCUT2D eigenvalue weighted by Crippen LogP contribution is -2.45. The lowest BCUT2D eigenvalue weighted by Gasteiger charge is -2.44. The number of hydrogen-bond acceptors (Lipinski definition) is 8. The van der Waals surface area contributed by atoms with Crippen LogP contribution in [-0.2, 0) is 15.1 Å². The Labute approximate surface area is 216 Å². The van der Waals surface area contributed by atoms with Crippen LogP contribution in [0.3, 0.4) is 0 Å². The average Bonchev–Trinajstić information content (AvgIpc) is 3.28. The fourth-order valence-corrected chi connectivity index (χ4v) is 6.63. The molecule has 2 N–H and O–H groups in total. The topological polar surface area (TPSA) is 97.2 Å². The van der Waals surface area contributed by atoms with Crippen molar-refractivity contribution in [2.24, 2.45) is 11.3 Å². The Hall–Kier alpha value is -2.84. The summed E-state index contributed by atoms with van der Waals surface area (Å²) in [5.41, 5.74) is 2.72. The molecule has 0 amide bonds. The number of aliphatic hydroxyl groups is 1. The van der Waals surface area contributed by atoms with E-state index in [-0.39, 0.29) is 17.3 Å². The first kappa shape index (κ1) is 24.8. The second-order valence-electron chi connectivity index (χ2n) is 11.0. The summed E-state index contributed by atoms with van der Waals surface area (Å²) in [4.78, 5) is 27.0. The van der Waals surface area contributed by atoms with Crippen molar-refractivity contribution in [3.8, 4) is 10.4 Å². The molecule has 0 radical (unpaired) electrons. The first-order valence-electron chi connectivity index (χ1n) is 12.7. The van der Waals surface area contributed by atoms with Crippen molar-refractivity contribution in [3.63, 3.8) is 0 Å². The Morgan fingerprint density at radius 2 is 2.00 bits per heavy atom. The molecule has 0 bridgehead atoms. The maximum absolute atomic E-state index is 12.3. The number of carbonyl (C=O) groups is 1. The van der Waals surface area contributed by atoms with E-state index in [0.29, 0.717) is 36.1 Å². The summed E-state index contributed by atoms with van der Waals surface area (Å²) in [6.07, 6.45) is 8.85. The molecule has 0 aliphatic heterocycles. The molecule has 2 aliphatic carbocycles. The van der Waals surface area contributed by atoms with Crippen LogP contribution in [0.5, 0.6) is 0 Å². The molecule has 2 aliphatic rings. The fourth-order valence-electron chi connectivity index (χ4n) is 5.61. The molecule has 1 aromatic carbocycles. The third kappa shape index (κ3) is 4.89. The van der Waals surface area contributed by atoms with Gasteiger partial charge in [-0.25, -0.2) is 15.0 Å². The van der Waals surface area contributed by atoms with Gasteiger partial charge in [0, 0.05) is 29.7 Å². The van der Waals surface area contributed by atoms with Crippen LogP contribution in [-0.4, -0.2) is 33.1 Å². The number of aryl methyl sites for hydroxylation is 1. The fraction of sp³-hybridized carbons (Fsp3) is 0.500. The molecule has 2 saturated carbocycles. The van der Waals surface area contributed by atoms with Crippen molar-refractivity contribution < 1.29 is 14.6 Å². The summed E-state index contributed by atoms with van der Waals surface area (Å²) in [6, 6.07) is 8.29. The summed E-state index contributed by atoms with van der Waals surface area (Å²) in [5, 5.41) is 15.6. The maximum Gasteiger partial charge on any atom is 0.309 e. The highest BCUT2D eigenvalue weighted by Crippen LogP contribution is 2.51. The second kappa shape index (κ2) is 9.56. The van der Waals surface area contributed by atoms with Crippen molar-refractivity contribution in [2.75, 3.05) is 12.4 Å². The Morgan fingerprint density at radius 1 is 1.19 bits per heavy atom. The third-order valence-corrected chi connectivity index (χ3v) is 8.99. The number of aromatic nitrogens is 3. The van der Waals surface area contributed by atoms with Crippen LogP contribution in [0.2, 0.25) is 0 Å². The summed E-state index contributed by atoms with van der Waals surface area (Å²) in [6.45, 7) is 6.11. The van der Waals surface area contributed by atoms with E-state index in [1.54, 1.807) is 0 Å². The summed E-state index contributed by atoms with van der Waals surface area (Å²) < 4.78 is 5.00. The lowest BCUT2D eigenvalue weighted by molar-refractivity contribution is -0.157. The highest BCUT2D eigenvalue weighted by Gasteiger charge is 2.49. The van der Waals surface area contributed by atoms with Crippen molar-refractivity contribution in [3.05, 3.63) is 52.9 Å². The smallest absolute Gasteiger partial charge is 0.309 e. The van der Waals surface area contributed by atoms with Crippen LogP contribution in [0.25, 0.3) is 10.4 Å². The predicted molar refractivity (Wildman–Crippen MR) is 141 cm³/mol. The molecule has 2 heterocycles. The molecular weight excluding hydrogens is 472 g/mol. The number of methoxy groups -OCH3 is 1. The van der Waals surface area contributed by atoms with Gasteiger partial charge in [0.2, 0.25) is 5.95 Å². The highest BCUT2D eigenvalue weighted by molar-refractivity contribution is 7.15. The predicted octanol–water partition coefficient (Wildman–Crippen LogP) is 6.11. The average molecular weight is 507 g/mol. The van der Waals surface area contributed by atoms with Crippen LogP contribution >= 0.6 is 11.3 Å². The Kier molecular flexibility index (Phi) is 6.59. The van der Waals surface area contributed by atoms with Gasteiger partial charge in [-0.1, -0.05) is 26.3 Å². The van der Waals surface area contributed by atoms with E-state index in [1.165, 1.54) is 37.7 Å². The minimum Gasteiger partial charge on any atom is -0.469 e. The molecule has 36 heavy (non-hydrogen) atoms. The summed E-state index contributed by atoms with van der Waals surface area (Å²) in [5.74, 6) is 0.733. The van der Waals surface area contributed by atoms with Crippen molar-refractivity contribution in [1.82, 2.24) is 15.0 Å². The highest BCUT2D eigenvalue weighted by atomic mass is 32.1. The molecule has 0 unspecified atom stereocenters. The van der Waals surface area contributed by atoms with Crippen LogP contribution in [0.4, 0.5) is 11.6 Å². The van der Waals surface area contributed by atoms with Gasteiger partial charge in [0.25, 0.3) is 0 Å². The largest absolute Gasteiger partial charge is 0.469 e. The molecule has 8 heteroatoms. The van der Waals surface area contributed by atoms with E-state index in [9.17, 15) is 9.90 Å². The number of nitrogens with zero attached hydrogens (tertiary/aromatic N) is 3. The van der Waals surface area contributed by atoms with Gasteiger partial charge in [-0.3, -0.25) is 4.79 Å². The van der Waals surface area contributed by atoms with Crippen LogP contribution in [0.15, 0.2) is 36.7 Å². The van der Waals surface area contributed by atoms with E-state index in [0.717, 1.165) is 27.4 Å². The minimum atomic E-state index is -1.06. The van der Waals surface area contributed by atoms with Crippen LogP contribution in [0.1, 0.15) is 74.6 Å². The number of anilines is 2. The molecule has 7 nitrogen and oxygen atoms in total. The Morgan fingerprint density at radius 3 is 2.69 bits per heavy atom. The van der Waals surface area contributed by atoms with E-state index >= 15 is 0 Å². The van der Waals surface area contributed by atoms with Crippen molar-refractivity contribution >= 4 is 28.9 Å². The first-order chi connectivity index (χ1) is 17.2. The van der Waals surface area contributed by atoms with Gasteiger partial charge in [-0.05, 0) is 73.8 Å². The monoisotopic (exact) mass is 506 g/mol. The van der Waals surface area contributed by atoms with E-state index in [2.05, 4.69) is 40.4 Å². The zero-order valence-corrected chi connectivity index (χ0v) is 22.2. The zero-order chi connectivity index (χ0) is 25.5. The molecule has 2 aromatic heterocycles. The first-order valence-corrected chi connectivity index (χ1v) is 13.5. The number of benzene rings is 1. The molecule has 5 rings (SSSR count). The molecule has 3 aromatic rings. The molecule has 0 spiro atoms. The van der Waals surface area contributed by atoms with Crippen molar-refractivity contribution in [2.45, 2.75) is 70.8 Å². The van der Waals surface area contributed by atoms with Crippen LogP contribution in [0, 0.1) is 18.3 Å². The van der Waals surface area contributed by atoms with E-state index in [4.69, 9.17) is 9.72 Å². The summed E-state index contributed by atoms with van der Waals surface area (Å²) in [7, 11) is 1.43. The van der Waals surface area contributed by atoms with Crippen molar-refractivity contribution in [1.29, 1.82) is 0 Å². The van der Waals surface area contributed by atoms with Gasteiger partial charge < -0.3 is 15.2 Å². The van der Waals surface area contributed by atoms with Gasteiger partial charge in [0.05, 0.1) is 17.9 Å². The molecule has 2 atom stereocenters. The number of ether oxygens (including phenoxy) is 1. The normalized spacial score (nSPS) is 23.6. The standard InChI is InChI=1S/C28H34N4O3S/c1-17-12-19(14-20(13-17)31-26-29-11-9-22(32-26)18-6-5-7-18)23-15-30-25(36-23)28(34)10-8-21(24(33)35-4)27(2,3)16-28/h9,11-15,18,21,34H,5-8,10,16H2,1-4H3,(H,29,31,32)/t21-,28-/m1/s1. The van der Waals surface area contributed by atoms with E-state index < -0.39 is 5.60 Å². The molecular formula is C28H34N4O3S. The van der Waals surface area contributed by atoms with Crippen LogP contribution < -0.4 is 5.32 Å². The second-order valence-corrected chi connectivity index (χ2v) is 12.0. The quantitative estimate of drug-likeness (QED) is 0.390. The molecule has 190 valence electrons. The number of thiazole rings is 1. The number of esters is 1. The zero-order valence-electron chi connectivity index (χ0n) is 21.4. The van der Waals surface area contributed by atoms with Gasteiger partial charge >= 0.3 is 5.97 Å². The summed E-state index contributed by atoms with van der Waals surface area (Å²) >= 11 is 1.51. The minimum absolute atomic E-state index is 0.205. The van der Waals surface area contributed by atoms with Gasteiger partial charge in [0.15, 0.2) is 0 Å². The number of carbonyl (C=O) groups excluding carboxylic acids is 1. The number of nitrogens with one attached hydrogen (secondary N) is 1. The molecule has 2 fully saturated rings. The third-order valence-electron chi connectivity index (χ3n) is 7.75. The van der Waals surface area contributed by atoms with Gasteiger partial charge in [-0.2, -0.15) is 0 Å².